The molecule has 1 saturated heterocycles. The lowest BCUT2D eigenvalue weighted by Gasteiger charge is -2.39. The third-order valence-electron chi connectivity index (χ3n) is 4.77. The summed E-state index contributed by atoms with van der Waals surface area (Å²) in [5.74, 6) is 1.53. The Bertz CT molecular complexity index is 632. The van der Waals surface area contributed by atoms with Gasteiger partial charge in [-0.05, 0) is 31.0 Å². The predicted octanol–water partition coefficient (Wildman–Crippen LogP) is 3.27. The molecule has 2 rings (SSSR count). The molecule has 0 aromatic heterocycles. The van der Waals surface area contributed by atoms with Crippen molar-refractivity contribution in [1.29, 1.82) is 0 Å². The van der Waals surface area contributed by atoms with Gasteiger partial charge >= 0.3 is 6.18 Å². The molecule has 9 heteroatoms. The first-order valence-corrected chi connectivity index (χ1v) is 8.66. The highest BCUT2D eigenvalue weighted by Gasteiger charge is 2.41. The third-order valence-corrected chi connectivity index (χ3v) is 4.77. The second-order valence-corrected chi connectivity index (χ2v) is 6.45. The second-order valence-electron chi connectivity index (χ2n) is 6.45. The first kappa shape index (κ1) is 23.8. The molecule has 0 bridgehead atoms. The van der Waals surface area contributed by atoms with Crippen LogP contribution in [-0.2, 0) is 6.54 Å². The van der Waals surface area contributed by atoms with E-state index in [0.717, 1.165) is 16.9 Å². The molecule has 1 aliphatic rings. The SMILES string of the molecule is CN=C(NCc1ccc(C)c(OC)c1)N1CCN(C(C)C(F)(F)F)CC1.I. The first-order valence-electron chi connectivity index (χ1n) is 8.66. The minimum atomic E-state index is -4.19. The van der Waals surface area contributed by atoms with Crippen molar-refractivity contribution >= 4 is 29.9 Å². The number of piperazine rings is 1. The van der Waals surface area contributed by atoms with E-state index >= 15 is 0 Å². The number of halogens is 4. The number of hydrogen-bond donors (Lipinski definition) is 1. The average Bonchev–Trinajstić information content (AvgIpc) is 2.62. The van der Waals surface area contributed by atoms with Gasteiger partial charge in [0.1, 0.15) is 11.8 Å². The molecule has 0 saturated carbocycles. The number of aliphatic imine (C=N–C) groups is 1. The molecule has 1 N–H and O–H groups in total. The molecule has 0 spiro atoms. The van der Waals surface area contributed by atoms with E-state index in [2.05, 4.69) is 10.3 Å². The minimum absolute atomic E-state index is 0. The lowest BCUT2D eigenvalue weighted by molar-refractivity contribution is -0.181. The molecule has 1 aromatic rings. The number of methoxy groups -OCH3 is 1. The van der Waals surface area contributed by atoms with E-state index in [9.17, 15) is 13.2 Å². The highest BCUT2D eigenvalue weighted by molar-refractivity contribution is 14.0. The topological polar surface area (TPSA) is 40.1 Å². The van der Waals surface area contributed by atoms with Crippen LogP contribution in [0.2, 0.25) is 0 Å². The number of guanidine groups is 1. The van der Waals surface area contributed by atoms with E-state index in [1.54, 1.807) is 14.2 Å². The second kappa shape index (κ2) is 10.4. The van der Waals surface area contributed by atoms with Crippen LogP contribution in [0.5, 0.6) is 5.75 Å². The minimum Gasteiger partial charge on any atom is -0.496 e. The fourth-order valence-electron chi connectivity index (χ4n) is 3.02. The van der Waals surface area contributed by atoms with Crippen LogP contribution in [-0.4, -0.2) is 68.3 Å². The van der Waals surface area contributed by atoms with Crippen molar-refractivity contribution < 1.29 is 17.9 Å². The van der Waals surface area contributed by atoms with E-state index in [0.29, 0.717) is 38.7 Å². The Hall–Kier alpha value is -1.23. The summed E-state index contributed by atoms with van der Waals surface area (Å²) in [4.78, 5) is 7.72. The van der Waals surface area contributed by atoms with Crippen LogP contribution in [0.3, 0.4) is 0 Å². The molecule has 1 aliphatic heterocycles. The van der Waals surface area contributed by atoms with Crippen molar-refractivity contribution in [2.24, 2.45) is 4.99 Å². The van der Waals surface area contributed by atoms with Gasteiger partial charge < -0.3 is 15.0 Å². The summed E-state index contributed by atoms with van der Waals surface area (Å²) >= 11 is 0. The number of ether oxygens (including phenoxy) is 1. The Morgan fingerprint density at radius 1 is 1.26 bits per heavy atom. The van der Waals surface area contributed by atoms with Gasteiger partial charge in [-0.3, -0.25) is 9.89 Å². The molecular weight excluding hydrogens is 472 g/mol. The number of nitrogens with zero attached hydrogens (tertiary/aromatic N) is 3. The normalized spacial score (nSPS) is 17.3. The summed E-state index contributed by atoms with van der Waals surface area (Å²) < 4.78 is 43.9. The Labute approximate surface area is 176 Å². The number of rotatable bonds is 4. The first-order chi connectivity index (χ1) is 12.3. The van der Waals surface area contributed by atoms with Gasteiger partial charge in [0.05, 0.1) is 7.11 Å². The highest BCUT2D eigenvalue weighted by Crippen LogP contribution is 2.25. The smallest absolute Gasteiger partial charge is 0.403 e. The van der Waals surface area contributed by atoms with Crippen LogP contribution in [0, 0.1) is 6.92 Å². The van der Waals surface area contributed by atoms with Gasteiger partial charge in [0, 0.05) is 39.8 Å². The predicted molar refractivity (Wildman–Crippen MR) is 112 cm³/mol. The average molecular weight is 500 g/mol. The van der Waals surface area contributed by atoms with Gasteiger partial charge in [0.2, 0.25) is 0 Å². The molecule has 1 aromatic carbocycles. The quantitative estimate of drug-likeness (QED) is 0.392. The van der Waals surface area contributed by atoms with Crippen LogP contribution in [0.4, 0.5) is 13.2 Å². The summed E-state index contributed by atoms with van der Waals surface area (Å²) in [7, 11) is 3.32. The van der Waals surface area contributed by atoms with Crippen molar-refractivity contribution in [2.75, 3.05) is 40.3 Å². The van der Waals surface area contributed by atoms with Crippen LogP contribution in [0.1, 0.15) is 18.1 Å². The van der Waals surface area contributed by atoms with Gasteiger partial charge in [-0.15, -0.1) is 24.0 Å². The van der Waals surface area contributed by atoms with Crippen molar-refractivity contribution in [3.05, 3.63) is 29.3 Å². The molecule has 0 radical (unpaired) electrons. The lowest BCUT2D eigenvalue weighted by atomic mass is 10.1. The van der Waals surface area contributed by atoms with E-state index in [1.165, 1.54) is 11.8 Å². The fraction of sp³-hybridized carbons (Fsp3) is 0.611. The lowest BCUT2D eigenvalue weighted by Crippen LogP contribution is -2.56. The molecule has 1 unspecified atom stereocenters. The van der Waals surface area contributed by atoms with Gasteiger partial charge in [-0.25, -0.2) is 0 Å². The van der Waals surface area contributed by atoms with Crippen molar-refractivity contribution in [3.8, 4) is 5.75 Å². The highest BCUT2D eigenvalue weighted by atomic mass is 127. The fourth-order valence-corrected chi connectivity index (χ4v) is 3.02. The Morgan fingerprint density at radius 2 is 1.89 bits per heavy atom. The van der Waals surface area contributed by atoms with Gasteiger partial charge in [0.25, 0.3) is 0 Å². The maximum absolute atomic E-state index is 12.9. The number of nitrogens with one attached hydrogen (secondary N) is 1. The van der Waals surface area contributed by atoms with Crippen molar-refractivity contribution in [1.82, 2.24) is 15.1 Å². The molecule has 27 heavy (non-hydrogen) atoms. The van der Waals surface area contributed by atoms with Gasteiger partial charge in [0.15, 0.2) is 5.96 Å². The zero-order chi connectivity index (χ0) is 19.3. The maximum Gasteiger partial charge on any atom is 0.403 e. The monoisotopic (exact) mass is 500 g/mol. The Morgan fingerprint density at radius 3 is 2.41 bits per heavy atom. The third kappa shape index (κ3) is 6.41. The number of alkyl halides is 3. The van der Waals surface area contributed by atoms with E-state index in [1.807, 2.05) is 30.0 Å². The van der Waals surface area contributed by atoms with E-state index in [4.69, 9.17) is 4.74 Å². The van der Waals surface area contributed by atoms with Crippen LogP contribution < -0.4 is 10.1 Å². The van der Waals surface area contributed by atoms with Gasteiger partial charge in [-0.2, -0.15) is 13.2 Å². The van der Waals surface area contributed by atoms with Crippen molar-refractivity contribution in [3.63, 3.8) is 0 Å². The van der Waals surface area contributed by atoms with Crippen molar-refractivity contribution in [2.45, 2.75) is 32.6 Å². The number of benzene rings is 1. The van der Waals surface area contributed by atoms with E-state index in [-0.39, 0.29) is 24.0 Å². The molecule has 1 atom stereocenters. The molecule has 0 amide bonds. The largest absolute Gasteiger partial charge is 0.496 e. The molecular formula is C18H28F3IN4O. The number of hydrogen-bond acceptors (Lipinski definition) is 3. The van der Waals surface area contributed by atoms with Crippen LogP contribution >= 0.6 is 24.0 Å². The zero-order valence-electron chi connectivity index (χ0n) is 16.1. The molecule has 0 aliphatic carbocycles. The molecule has 1 heterocycles. The Kier molecular flexibility index (Phi) is 9.13. The van der Waals surface area contributed by atoms with Crippen LogP contribution in [0.15, 0.2) is 23.2 Å². The summed E-state index contributed by atoms with van der Waals surface area (Å²) in [6.45, 7) is 5.51. The Balaban J connectivity index is 0.00000364. The summed E-state index contributed by atoms with van der Waals surface area (Å²) in [6, 6.07) is 4.56. The summed E-state index contributed by atoms with van der Waals surface area (Å²) in [6.07, 6.45) is -4.19. The molecule has 1 fully saturated rings. The zero-order valence-corrected chi connectivity index (χ0v) is 18.5. The van der Waals surface area contributed by atoms with Gasteiger partial charge in [-0.1, -0.05) is 12.1 Å². The number of aryl methyl sites for hydroxylation is 1. The standard InChI is InChI=1S/C18H27F3N4O.HI/c1-13-5-6-15(11-16(13)26-4)12-23-17(22-3)25-9-7-24(8-10-25)14(2)18(19,20)21;/h5-6,11,14H,7-10,12H2,1-4H3,(H,22,23);1H. The molecule has 5 nitrogen and oxygen atoms in total. The summed E-state index contributed by atoms with van der Waals surface area (Å²) in [5, 5.41) is 3.28. The summed E-state index contributed by atoms with van der Waals surface area (Å²) in [5.41, 5.74) is 2.12. The maximum atomic E-state index is 12.9. The van der Waals surface area contributed by atoms with Crippen LogP contribution in [0.25, 0.3) is 0 Å². The van der Waals surface area contributed by atoms with E-state index < -0.39 is 12.2 Å². The molecule has 154 valence electrons.